The van der Waals surface area contributed by atoms with Gasteiger partial charge in [-0.25, -0.2) is 8.78 Å². The Morgan fingerprint density at radius 2 is 2.08 bits per heavy atom. The van der Waals surface area contributed by atoms with Gasteiger partial charge in [0, 0.05) is 11.8 Å². The second kappa shape index (κ2) is 4.35. The fourth-order valence-corrected chi connectivity index (χ4v) is 0.820. The number of carbonyl (C=O) groups is 1. The van der Waals surface area contributed by atoms with E-state index in [9.17, 15) is 13.6 Å². The monoisotopic (exact) mass is 183 g/mol. The van der Waals surface area contributed by atoms with Crippen LogP contribution in [0.25, 0.3) is 6.08 Å². The van der Waals surface area contributed by atoms with Gasteiger partial charge >= 0.3 is 0 Å². The topological polar surface area (TPSA) is 29.1 Å². The van der Waals surface area contributed by atoms with Crippen LogP contribution in [0.4, 0.5) is 8.78 Å². The van der Waals surface area contributed by atoms with Gasteiger partial charge in [0.25, 0.3) is 0 Å². The third-order valence-electron chi connectivity index (χ3n) is 1.39. The van der Waals surface area contributed by atoms with Crippen molar-refractivity contribution in [2.45, 2.75) is 0 Å². The van der Waals surface area contributed by atoms with Crippen molar-refractivity contribution in [3.05, 3.63) is 41.6 Å². The summed E-state index contributed by atoms with van der Waals surface area (Å²) in [5.41, 5.74) is 0.0920. The Morgan fingerprint density at radius 1 is 1.31 bits per heavy atom. The second-order valence-electron chi connectivity index (χ2n) is 2.28. The van der Waals surface area contributed by atoms with E-state index >= 15 is 0 Å². The van der Waals surface area contributed by atoms with Gasteiger partial charge in [-0.1, -0.05) is 0 Å². The summed E-state index contributed by atoms with van der Waals surface area (Å²) in [6, 6.07) is 3.09. The van der Waals surface area contributed by atoms with Gasteiger partial charge in [0.15, 0.2) is 0 Å². The average Bonchev–Trinajstić information content (AvgIpc) is 2.11. The molecule has 0 saturated heterocycles. The summed E-state index contributed by atoms with van der Waals surface area (Å²) in [6.45, 7) is 0. The Kier molecular flexibility index (Phi) is 3.14. The van der Waals surface area contributed by atoms with Gasteiger partial charge < -0.3 is 5.32 Å². The summed E-state index contributed by atoms with van der Waals surface area (Å²) in [5.74, 6) is -1.06. The molecule has 0 aliphatic carbocycles. The second-order valence-corrected chi connectivity index (χ2v) is 2.28. The Balaban J connectivity index is 2.86. The highest BCUT2D eigenvalue weighted by molar-refractivity contribution is 5.55. The molecule has 0 aliphatic rings. The molecule has 0 fully saturated rings. The number of halogens is 2. The lowest BCUT2D eigenvalue weighted by atomic mass is 10.2. The number of hydrogen-bond acceptors (Lipinski definition) is 1. The molecule has 0 heterocycles. The number of rotatable bonds is 3. The Bertz CT molecular complexity index is 336. The van der Waals surface area contributed by atoms with Crippen LogP contribution in [0, 0.1) is 11.6 Å². The zero-order valence-electron chi connectivity index (χ0n) is 6.63. The van der Waals surface area contributed by atoms with Crippen molar-refractivity contribution in [1.82, 2.24) is 5.32 Å². The van der Waals surface area contributed by atoms with Crippen LogP contribution in [0.15, 0.2) is 24.4 Å². The minimum absolute atomic E-state index is 0.0920. The molecule has 2 nitrogen and oxygen atoms in total. The maximum absolute atomic E-state index is 12.9. The molecule has 0 saturated carbocycles. The molecule has 0 aromatic heterocycles. The summed E-state index contributed by atoms with van der Waals surface area (Å²) in [7, 11) is 0. The molecule has 1 N–H and O–H groups in total. The fourth-order valence-electron chi connectivity index (χ4n) is 0.820. The van der Waals surface area contributed by atoms with Crippen LogP contribution in [-0.2, 0) is 4.79 Å². The van der Waals surface area contributed by atoms with Crippen LogP contribution in [0.5, 0.6) is 0 Å². The van der Waals surface area contributed by atoms with Crippen molar-refractivity contribution in [3.63, 3.8) is 0 Å². The van der Waals surface area contributed by atoms with Crippen LogP contribution < -0.4 is 5.32 Å². The van der Waals surface area contributed by atoms with Crippen molar-refractivity contribution in [2.24, 2.45) is 0 Å². The highest BCUT2D eigenvalue weighted by Crippen LogP contribution is 2.10. The first-order valence-corrected chi connectivity index (χ1v) is 3.55. The summed E-state index contributed by atoms with van der Waals surface area (Å²) in [6.07, 6.45) is 2.94. The van der Waals surface area contributed by atoms with Gasteiger partial charge in [0.1, 0.15) is 11.6 Å². The summed E-state index contributed by atoms with van der Waals surface area (Å²) in [4.78, 5) is 9.82. The molecule has 68 valence electrons. The zero-order chi connectivity index (χ0) is 9.68. The minimum atomic E-state index is -0.537. The standard InChI is InChI=1S/C9H7F2NO/c10-8-1-2-9(11)7(5-8)3-4-12-6-13/h1-6H,(H,12,13)/b4-3-. The van der Waals surface area contributed by atoms with E-state index in [4.69, 9.17) is 0 Å². The number of hydrogen-bond donors (Lipinski definition) is 1. The number of amides is 1. The molecule has 0 spiro atoms. The molecule has 0 atom stereocenters. The molecule has 0 bridgehead atoms. The molecule has 0 aliphatic heterocycles. The van der Waals surface area contributed by atoms with Crippen LogP contribution in [-0.4, -0.2) is 6.41 Å². The number of nitrogens with one attached hydrogen (secondary N) is 1. The first-order valence-electron chi connectivity index (χ1n) is 3.55. The van der Waals surface area contributed by atoms with Gasteiger partial charge in [-0.2, -0.15) is 0 Å². The molecule has 4 heteroatoms. The largest absolute Gasteiger partial charge is 0.335 e. The van der Waals surface area contributed by atoms with Gasteiger partial charge in [0.2, 0.25) is 6.41 Å². The molecule has 1 amide bonds. The lowest BCUT2D eigenvalue weighted by molar-refractivity contribution is -0.108. The van der Waals surface area contributed by atoms with E-state index < -0.39 is 11.6 Å². The van der Waals surface area contributed by atoms with Crippen LogP contribution >= 0.6 is 0 Å². The van der Waals surface area contributed by atoms with Crippen LogP contribution in [0.3, 0.4) is 0 Å². The predicted molar refractivity (Wildman–Crippen MR) is 44.6 cm³/mol. The fraction of sp³-hybridized carbons (Fsp3) is 0. The molecule has 0 radical (unpaired) electrons. The molecule has 1 aromatic rings. The van der Waals surface area contributed by atoms with Crippen molar-refractivity contribution < 1.29 is 13.6 Å². The lowest BCUT2D eigenvalue weighted by Gasteiger charge is -1.95. The normalized spacial score (nSPS) is 10.3. The summed E-state index contributed by atoms with van der Waals surface area (Å²) < 4.78 is 25.4. The number of benzene rings is 1. The Morgan fingerprint density at radius 3 is 2.77 bits per heavy atom. The minimum Gasteiger partial charge on any atom is -0.335 e. The van der Waals surface area contributed by atoms with E-state index in [2.05, 4.69) is 5.32 Å². The predicted octanol–water partition coefficient (Wildman–Crippen LogP) is 1.68. The summed E-state index contributed by atoms with van der Waals surface area (Å²) >= 11 is 0. The smallest absolute Gasteiger partial charge is 0.211 e. The van der Waals surface area contributed by atoms with Gasteiger partial charge in [0.05, 0.1) is 0 Å². The third kappa shape index (κ3) is 2.66. The van der Waals surface area contributed by atoms with Crippen LogP contribution in [0.1, 0.15) is 5.56 Å². The van der Waals surface area contributed by atoms with E-state index in [-0.39, 0.29) is 5.56 Å². The van der Waals surface area contributed by atoms with E-state index in [1.54, 1.807) is 0 Å². The average molecular weight is 183 g/mol. The SMILES string of the molecule is O=CN/C=C\c1cc(F)ccc1F. The maximum Gasteiger partial charge on any atom is 0.211 e. The Labute approximate surface area is 73.9 Å². The third-order valence-corrected chi connectivity index (χ3v) is 1.39. The Hall–Kier alpha value is -1.71. The van der Waals surface area contributed by atoms with Crippen molar-refractivity contribution in [3.8, 4) is 0 Å². The van der Waals surface area contributed by atoms with Crippen molar-refractivity contribution in [2.75, 3.05) is 0 Å². The first kappa shape index (κ1) is 9.38. The van der Waals surface area contributed by atoms with E-state index in [1.165, 1.54) is 12.3 Å². The van der Waals surface area contributed by atoms with Gasteiger partial charge in [-0.15, -0.1) is 0 Å². The van der Waals surface area contributed by atoms with E-state index in [0.717, 1.165) is 18.2 Å². The van der Waals surface area contributed by atoms with E-state index in [1.807, 2.05) is 0 Å². The highest BCUT2D eigenvalue weighted by Gasteiger charge is 1.98. The molecular weight excluding hydrogens is 176 g/mol. The van der Waals surface area contributed by atoms with Crippen molar-refractivity contribution >= 4 is 12.5 Å². The lowest BCUT2D eigenvalue weighted by Crippen LogP contribution is -1.98. The zero-order valence-corrected chi connectivity index (χ0v) is 6.63. The van der Waals surface area contributed by atoms with Gasteiger partial charge in [-0.05, 0) is 24.3 Å². The van der Waals surface area contributed by atoms with Gasteiger partial charge in [-0.3, -0.25) is 4.79 Å². The molecule has 1 rings (SSSR count). The number of carbonyl (C=O) groups excluding carboxylic acids is 1. The van der Waals surface area contributed by atoms with E-state index in [0.29, 0.717) is 6.41 Å². The van der Waals surface area contributed by atoms with Crippen molar-refractivity contribution in [1.29, 1.82) is 0 Å². The highest BCUT2D eigenvalue weighted by atomic mass is 19.1. The summed E-state index contributed by atoms with van der Waals surface area (Å²) in [5, 5.41) is 2.19. The quantitative estimate of drug-likeness (QED) is 0.709. The first-order chi connectivity index (χ1) is 6.24. The molecule has 13 heavy (non-hydrogen) atoms. The van der Waals surface area contributed by atoms with Crippen LogP contribution in [0.2, 0.25) is 0 Å². The molecule has 1 aromatic carbocycles. The molecule has 0 unspecified atom stereocenters. The molecular formula is C9H7F2NO. The maximum atomic E-state index is 12.9.